The number of imide groups is 1. The number of carbonyl (C=O) groups excluding carboxylic acids is 3. The van der Waals surface area contributed by atoms with Crippen LogP contribution in [0.15, 0.2) is 54.2 Å². The summed E-state index contributed by atoms with van der Waals surface area (Å²) in [4.78, 5) is 40.2. The predicted octanol–water partition coefficient (Wildman–Crippen LogP) is 3.47. The molecule has 2 aliphatic heterocycles. The van der Waals surface area contributed by atoms with Crippen LogP contribution < -0.4 is 15.5 Å². The van der Waals surface area contributed by atoms with Gasteiger partial charge in [0, 0.05) is 29.5 Å². The first kappa shape index (κ1) is 20.0. The molecular weight excluding hydrogens is 404 g/mol. The number of hydrogen-bond acceptors (Lipinski definition) is 4. The molecule has 2 saturated heterocycles. The number of benzene rings is 2. The van der Waals surface area contributed by atoms with Crippen LogP contribution in [0.3, 0.4) is 0 Å². The predicted molar refractivity (Wildman–Crippen MR) is 116 cm³/mol. The number of anilines is 2. The molecule has 2 fully saturated rings. The summed E-state index contributed by atoms with van der Waals surface area (Å²) in [5, 5.41) is 5.72. The number of carbonyl (C=O) groups is 3. The molecule has 0 spiro atoms. The molecule has 0 aliphatic carbocycles. The normalized spacial score (nSPS) is 17.6. The molecule has 4 amide bonds. The molecule has 2 aromatic rings. The van der Waals surface area contributed by atoms with Crippen molar-refractivity contribution in [3.63, 3.8) is 0 Å². The lowest BCUT2D eigenvalue weighted by Crippen LogP contribution is -2.38. The Labute approximate surface area is 179 Å². The van der Waals surface area contributed by atoms with Crippen molar-refractivity contribution in [3.05, 3.63) is 64.8 Å². The summed E-state index contributed by atoms with van der Waals surface area (Å²) < 4.78 is 0. The molecule has 0 atom stereocenters. The Hall–Kier alpha value is -3.32. The molecule has 2 heterocycles. The number of nitrogens with one attached hydrogen (secondary N) is 2. The van der Waals surface area contributed by atoms with Gasteiger partial charge in [0.25, 0.3) is 5.91 Å². The van der Waals surface area contributed by atoms with E-state index in [1.54, 1.807) is 30.3 Å². The van der Waals surface area contributed by atoms with Crippen molar-refractivity contribution in [1.29, 1.82) is 0 Å². The molecule has 4 rings (SSSR count). The average molecular weight is 425 g/mol. The Morgan fingerprint density at radius 2 is 1.70 bits per heavy atom. The summed E-state index contributed by atoms with van der Waals surface area (Å²) in [7, 11) is 0. The van der Waals surface area contributed by atoms with Crippen LogP contribution in [0.4, 0.5) is 16.2 Å². The summed E-state index contributed by atoms with van der Waals surface area (Å²) in [5.74, 6) is -1.01. The molecule has 0 saturated carbocycles. The lowest BCUT2D eigenvalue weighted by Gasteiger charge is -2.17. The third kappa shape index (κ3) is 4.46. The number of amides is 4. The van der Waals surface area contributed by atoms with Gasteiger partial charge in [-0.3, -0.25) is 9.59 Å². The average Bonchev–Trinajstić information content (AvgIpc) is 3.35. The zero-order valence-corrected chi connectivity index (χ0v) is 17.0. The number of urea groups is 1. The minimum Gasteiger partial charge on any atom is -0.372 e. The van der Waals surface area contributed by atoms with Crippen molar-refractivity contribution in [2.45, 2.75) is 12.8 Å². The van der Waals surface area contributed by atoms with Crippen molar-refractivity contribution in [1.82, 2.24) is 10.2 Å². The van der Waals surface area contributed by atoms with Crippen LogP contribution in [0.2, 0.25) is 5.02 Å². The van der Waals surface area contributed by atoms with E-state index < -0.39 is 17.8 Å². The van der Waals surface area contributed by atoms with Crippen molar-refractivity contribution in [2.75, 3.05) is 29.9 Å². The molecule has 154 valence electrons. The first-order chi connectivity index (χ1) is 14.5. The van der Waals surface area contributed by atoms with E-state index in [-0.39, 0.29) is 12.2 Å². The molecule has 8 heteroatoms. The molecule has 7 nitrogen and oxygen atoms in total. The van der Waals surface area contributed by atoms with Gasteiger partial charge in [-0.05, 0) is 60.9 Å². The summed E-state index contributed by atoms with van der Waals surface area (Å²) in [5.41, 5.74) is 2.63. The second kappa shape index (κ2) is 8.59. The summed E-state index contributed by atoms with van der Waals surface area (Å²) >= 11 is 5.82. The van der Waals surface area contributed by atoms with Gasteiger partial charge >= 0.3 is 6.03 Å². The number of rotatable bonds is 5. The zero-order chi connectivity index (χ0) is 21.1. The highest BCUT2D eigenvalue weighted by molar-refractivity contribution is 6.30. The first-order valence-electron chi connectivity index (χ1n) is 9.74. The lowest BCUT2D eigenvalue weighted by atomic mass is 10.1. The smallest absolute Gasteiger partial charge is 0.329 e. The number of hydrogen-bond donors (Lipinski definition) is 2. The SMILES string of the molecule is O=C(CN1C(=O)NC(=Cc2ccc(N3CCCC3)cc2)C1=O)Nc1ccc(Cl)cc1. The van der Waals surface area contributed by atoms with E-state index in [0.717, 1.165) is 29.2 Å². The van der Waals surface area contributed by atoms with E-state index >= 15 is 0 Å². The summed E-state index contributed by atoms with van der Waals surface area (Å²) in [6, 6.07) is 13.8. The number of halogens is 1. The second-order valence-corrected chi connectivity index (χ2v) is 7.66. The topological polar surface area (TPSA) is 81.8 Å². The molecule has 2 N–H and O–H groups in total. The maximum atomic E-state index is 12.6. The van der Waals surface area contributed by atoms with Crippen LogP contribution >= 0.6 is 11.6 Å². The number of nitrogens with zero attached hydrogens (tertiary/aromatic N) is 2. The fourth-order valence-electron chi connectivity index (χ4n) is 3.52. The maximum Gasteiger partial charge on any atom is 0.329 e. The van der Waals surface area contributed by atoms with Crippen molar-refractivity contribution < 1.29 is 14.4 Å². The van der Waals surface area contributed by atoms with Gasteiger partial charge in [-0.1, -0.05) is 23.7 Å². The first-order valence-corrected chi connectivity index (χ1v) is 10.1. The van der Waals surface area contributed by atoms with E-state index in [1.807, 2.05) is 24.3 Å². The monoisotopic (exact) mass is 424 g/mol. The van der Waals surface area contributed by atoms with E-state index in [9.17, 15) is 14.4 Å². The van der Waals surface area contributed by atoms with Crippen LogP contribution in [0, 0.1) is 0 Å². The largest absolute Gasteiger partial charge is 0.372 e. The fraction of sp³-hybridized carbons (Fsp3) is 0.227. The van der Waals surface area contributed by atoms with Gasteiger partial charge in [-0.15, -0.1) is 0 Å². The molecule has 2 aromatic carbocycles. The Morgan fingerprint density at radius 1 is 1.03 bits per heavy atom. The van der Waals surface area contributed by atoms with Gasteiger partial charge < -0.3 is 15.5 Å². The summed E-state index contributed by atoms with van der Waals surface area (Å²) in [6.07, 6.45) is 4.02. The van der Waals surface area contributed by atoms with E-state index in [4.69, 9.17) is 11.6 Å². The second-order valence-electron chi connectivity index (χ2n) is 7.22. The quantitative estimate of drug-likeness (QED) is 0.568. The minimum absolute atomic E-state index is 0.146. The molecule has 0 bridgehead atoms. The third-order valence-corrected chi connectivity index (χ3v) is 5.32. The van der Waals surface area contributed by atoms with Crippen molar-refractivity contribution >= 4 is 46.9 Å². The zero-order valence-electron chi connectivity index (χ0n) is 16.2. The van der Waals surface area contributed by atoms with E-state index in [0.29, 0.717) is 10.7 Å². The van der Waals surface area contributed by atoms with Crippen molar-refractivity contribution in [2.24, 2.45) is 0 Å². The van der Waals surface area contributed by atoms with Crippen molar-refractivity contribution in [3.8, 4) is 0 Å². The molecule has 30 heavy (non-hydrogen) atoms. The third-order valence-electron chi connectivity index (χ3n) is 5.07. The van der Waals surface area contributed by atoms with Gasteiger partial charge in [-0.25, -0.2) is 9.69 Å². The van der Waals surface area contributed by atoms with Gasteiger partial charge in [0.1, 0.15) is 12.2 Å². The van der Waals surface area contributed by atoms with Crippen LogP contribution in [0.25, 0.3) is 6.08 Å². The Balaban J connectivity index is 1.40. The van der Waals surface area contributed by atoms with E-state index in [2.05, 4.69) is 15.5 Å². The maximum absolute atomic E-state index is 12.6. The Morgan fingerprint density at radius 3 is 2.37 bits per heavy atom. The molecule has 0 unspecified atom stereocenters. The standard InChI is InChI=1S/C22H21ClN4O3/c23-16-5-7-17(8-6-16)24-20(28)14-27-21(29)19(25-22(27)30)13-15-3-9-18(10-4-15)26-11-1-2-12-26/h3-10,13H,1-2,11-12,14H2,(H,24,28)(H,25,30). The van der Waals surface area contributed by atoms with Gasteiger partial charge in [0.05, 0.1) is 0 Å². The molecule has 0 radical (unpaired) electrons. The van der Waals surface area contributed by atoms with Crippen LogP contribution in [-0.2, 0) is 9.59 Å². The Bertz CT molecular complexity index is 996. The lowest BCUT2D eigenvalue weighted by molar-refractivity contribution is -0.127. The van der Waals surface area contributed by atoms with Crippen LogP contribution in [0.1, 0.15) is 18.4 Å². The van der Waals surface area contributed by atoms with E-state index in [1.165, 1.54) is 12.8 Å². The molecule has 0 aromatic heterocycles. The van der Waals surface area contributed by atoms with Gasteiger partial charge in [0.2, 0.25) is 5.91 Å². The van der Waals surface area contributed by atoms with Gasteiger partial charge in [0.15, 0.2) is 0 Å². The highest BCUT2D eigenvalue weighted by Crippen LogP contribution is 2.22. The molecule has 2 aliphatic rings. The highest BCUT2D eigenvalue weighted by Gasteiger charge is 2.34. The fourth-order valence-corrected chi connectivity index (χ4v) is 3.64. The van der Waals surface area contributed by atoms with Crippen LogP contribution in [-0.4, -0.2) is 42.4 Å². The van der Waals surface area contributed by atoms with Gasteiger partial charge in [-0.2, -0.15) is 0 Å². The Kier molecular flexibility index (Phi) is 5.72. The van der Waals surface area contributed by atoms with Crippen LogP contribution in [0.5, 0.6) is 0 Å². The highest BCUT2D eigenvalue weighted by atomic mass is 35.5. The summed E-state index contributed by atoms with van der Waals surface area (Å²) in [6.45, 7) is 1.74. The molecular formula is C22H21ClN4O3. The minimum atomic E-state index is -0.619.